The van der Waals surface area contributed by atoms with Gasteiger partial charge in [0.15, 0.2) is 5.13 Å². The van der Waals surface area contributed by atoms with Crippen molar-refractivity contribution in [2.24, 2.45) is 5.16 Å². The zero-order valence-electron chi connectivity index (χ0n) is 18.2. The number of nitrogens with two attached hydrogens (primary N) is 1. The van der Waals surface area contributed by atoms with E-state index in [1.54, 1.807) is 23.2 Å². The van der Waals surface area contributed by atoms with Gasteiger partial charge in [0.25, 0.3) is 5.91 Å². The molecule has 1 aromatic heterocycles. The van der Waals surface area contributed by atoms with Crippen molar-refractivity contribution in [3.8, 4) is 0 Å². The summed E-state index contributed by atoms with van der Waals surface area (Å²) < 4.78 is 5.46. The number of carboxylic acids is 1. The maximum atomic E-state index is 11.5. The second-order valence-electron chi connectivity index (χ2n) is 6.78. The van der Waals surface area contributed by atoms with E-state index < -0.39 is 11.9 Å². The van der Waals surface area contributed by atoms with E-state index in [9.17, 15) is 19.5 Å². The molecule has 14 heteroatoms. The maximum absolute atomic E-state index is 11.5. The van der Waals surface area contributed by atoms with Crippen LogP contribution >= 0.6 is 23.1 Å². The van der Waals surface area contributed by atoms with Crippen LogP contribution in [0.5, 0.6) is 0 Å². The number of aromatic nitrogens is 1. The third-order valence-electron chi connectivity index (χ3n) is 4.60. The molecule has 0 aromatic carbocycles. The van der Waals surface area contributed by atoms with Gasteiger partial charge in [-0.25, -0.2) is 4.98 Å². The van der Waals surface area contributed by atoms with Crippen LogP contribution in [0.2, 0.25) is 0 Å². The minimum Gasteiger partial charge on any atom is -0.543 e. The molecule has 4 heterocycles. The fraction of sp³-hybridized carbons (Fsp3) is 0.421. The third-order valence-corrected chi connectivity index (χ3v) is 6.51. The van der Waals surface area contributed by atoms with Crippen LogP contribution in [-0.2, 0) is 24.0 Å². The molecular formula is C19H22N5NaO6S2. The van der Waals surface area contributed by atoms with Crippen LogP contribution in [0.1, 0.15) is 19.3 Å². The summed E-state index contributed by atoms with van der Waals surface area (Å²) in [7, 11) is 1.35. The first kappa shape index (κ1) is 27.3. The molecule has 1 unspecified atom stereocenters. The Balaban J connectivity index is 0.000000244. The molecule has 2 atom stereocenters. The molecule has 33 heavy (non-hydrogen) atoms. The fourth-order valence-electron chi connectivity index (χ4n) is 3.14. The molecule has 4 rings (SSSR count). The Kier molecular flexibility index (Phi) is 10.9. The van der Waals surface area contributed by atoms with Crippen molar-refractivity contribution in [1.29, 1.82) is 0 Å². The van der Waals surface area contributed by atoms with Crippen molar-refractivity contribution >= 4 is 58.0 Å². The quantitative estimate of drug-likeness (QED) is 0.183. The van der Waals surface area contributed by atoms with Crippen molar-refractivity contribution in [1.82, 2.24) is 9.88 Å². The van der Waals surface area contributed by atoms with Crippen LogP contribution in [0.15, 0.2) is 34.0 Å². The smallest absolute Gasteiger partial charge is 0.543 e. The molecule has 0 spiro atoms. The zero-order valence-corrected chi connectivity index (χ0v) is 21.8. The molecule has 1 aromatic rings. The molecule has 2 fully saturated rings. The van der Waals surface area contributed by atoms with E-state index in [-0.39, 0.29) is 52.6 Å². The van der Waals surface area contributed by atoms with Gasteiger partial charge in [0.2, 0.25) is 5.91 Å². The van der Waals surface area contributed by atoms with Crippen molar-refractivity contribution in [2.75, 3.05) is 30.5 Å². The first-order valence-electron chi connectivity index (χ1n) is 9.65. The summed E-state index contributed by atoms with van der Waals surface area (Å²) in [5.74, 6) is -0.812. The summed E-state index contributed by atoms with van der Waals surface area (Å²) >= 11 is 2.84. The molecule has 11 nitrogen and oxygen atoms in total. The maximum Gasteiger partial charge on any atom is 1.00 e. The van der Waals surface area contributed by atoms with Gasteiger partial charge in [0.1, 0.15) is 19.1 Å². The minimum absolute atomic E-state index is 0. The van der Waals surface area contributed by atoms with Crippen LogP contribution in [0, 0.1) is 0 Å². The van der Waals surface area contributed by atoms with Gasteiger partial charge in [-0.05, 0) is 18.4 Å². The average molecular weight is 504 g/mol. The molecular weight excluding hydrogens is 481 g/mol. The largest absolute Gasteiger partial charge is 1.00 e. The van der Waals surface area contributed by atoms with Gasteiger partial charge < -0.3 is 30.5 Å². The van der Waals surface area contributed by atoms with Crippen molar-refractivity contribution in [3.63, 3.8) is 0 Å². The predicted molar refractivity (Wildman–Crippen MR) is 119 cm³/mol. The number of ether oxygens (including phenoxy) is 1. The van der Waals surface area contributed by atoms with E-state index in [4.69, 9.17) is 10.5 Å². The number of oxime groups is 1. The van der Waals surface area contributed by atoms with Gasteiger partial charge in [-0.1, -0.05) is 17.3 Å². The Hall–Kier alpha value is -1.90. The van der Waals surface area contributed by atoms with E-state index in [0.717, 1.165) is 25.7 Å². The number of hydrogen-bond donors (Lipinski definition) is 2. The van der Waals surface area contributed by atoms with E-state index in [1.165, 1.54) is 23.3 Å². The Morgan fingerprint density at radius 1 is 1.48 bits per heavy atom. The molecule has 0 saturated carbocycles. The van der Waals surface area contributed by atoms with Crippen LogP contribution < -0.4 is 45.7 Å². The number of nitrogens with one attached hydrogen (secondary N) is 1. The van der Waals surface area contributed by atoms with Crippen LogP contribution in [0.3, 0.4) is 0 Å². The SMILES string of the molecule is CO/N=C\C(=O)Nc1csc(N)n1.O=C([O-])C1=C(/C=C/C2CCCO2)CS[C@H]2CC(=O)N12.[Na+]. The first-order valence-corrected chi connectivity index (χ1v) is 11.6. The zero-order chi connectivity index (χ0) is 23.1. The number of β-lactam (4-membered cyclic amide) rings is 1. The van der Waals surface area contributed by atoms with E-state index in [2.05, 4.69) is 20.3 Å². The van der Waals surface area contributed by atoms with Crippen molar-refractivity contribution in [2.45, 2.75) is 30.7 Å². The Bertz CT molecular complexity index is 960. The number of rotatable bonds is 6. The number of carbonyl (C=O) groups is 3. The number of carbonyl (C=O) groups excluding carboxylic acids is 3. The van der Waals surface area contributed by atoms with Crippen molar-refractivity contribution < 1.29 is 58.6 Å². The number of fused-ring (bicyclic) bond motifs is 1. The van der Waals surface area contributed by atoms with E-state index in [1.807, 2.05) is 6.08 Å². The number of nitrogen functional groups attached to an aromatic ring is 1. The molecule has 3 aliphatic heterocycles. The minimum atomic E-state index is -1.27. The number of allylic oxidation sites excluding steroid dienone is 1. The Morgan fingerprint density at radius 3 is 2.85 bits per heavy atom. The van der Waals surface area contributed by atoms with Crippen molar-refractivity contribution in [3.05, 3.63) is 28.8 Å². The fourth-order valence-corrected chi connectivity index (χ4v) is 4.87. The van der Waals surface area contributed by atoms with Crippen LogP contribution in [0.25, 0.3) is 0 Å². The van der Waals surface area contributed by atoms with Gasteiger partial charge in [-0.3, -0.25) is 14.5 Å². The normalized spacial score (nSPS) is 21.7. The molecule has 172 valence electrons. The van der Waals surface area contributed by atoms with Gasteiger partial charge in [-0.2, -0.15) is 0 Å². The summed E-state index contributed by atoms with van der Waals surface area (Å²) in [6.45, 7) is 0.753. The number of carboxylic acid groups (broad SMARTS) is 1. The number of nitrogens with zero attached hydrogens (tertiary/aromatic N) is 3. The topological polar surface area (TPSA) is 159 Å². The number of anilines is 2. The van der Waals surface area contributed by atoms with Gasteiger partial charge in [0.05, 0.1) is 29.6 Å². The van der Waals surface area contributed by atoms with E-state index in [0.29, 0.717) is 28.7 Å². The number of hydrogen-bond acceptors (Lipinski definition) is 11. The summed E-state index contributed by atoms with van der Waals surface area (Å²) in [6.07, 6.45) is 7.14. The predicted octanol–water partition coefficient (Wildman–Crippen LogP) is -2.67. The monoisotopic (exact) mass is 503 g/mol. The molecule has 3 aliphatic rings. The number of thioether (sulfide) groups is 1. The summed E-state index contributed by atoms with van der Waals surface area (Å²) in [4.78, 5) is 43.2. The Morgan fingerprint density at radius 2 is 2.27 bits per heavy atom. The number of thiazole rings is 1. The van der Waals surface area contributed by atoms with Crippen LogP contribution in [-0.4, -0.2) is 64.8 Å². The molecule has 2 saturated heterocycles. The standard InChI is InChI=1S/C13H15NO4S.C6H8N4O2S.Na/c15-10-6-11-14(10)12(13(16)17)8(7-19-11)3-4-9-2-1-5-18-9;1-12-8-2-5(11)9-4-3-13-6(7)10-4;/h3-4,9,11H,1-2,5-7H2,(H,16,17);2-3H,1H3,(H2,7,10)(H,9,11);/q;;+1/p-1/b4-3+;8-2-;/t9?,11-;;/m0../s1. The van der Waals surface area contributed by atoms with Gasteiger partial charge in [0, 0.05) is 17.7 Å². The Labute approximate surface area is 220 Å². The second kappa shape index (κ2) is 13.1. The average Bonchev–Trinajstić information content (AvgIpc) is 3.42. The van der Waals surface area contributed by atoms with E-state index >= 15 is 0 Å². The van der Waals surface area contributed by atoms with Gasteiger partial charge in [-0.15, -0.1) is 23.1 Å². The number of amides is 2. The first-order chi connectivity index (χ1) is 15.4. The van der Waals surface area contributed by atoms with Gasteiger partial charge >= 0.3 is 29.6 Å². The molecule has 2 amide bonds. The molecule has 0 bridgehead atoms. The summed E-state index contributed by atoms with van der Waals surface area (Å²) in [5, 5.41) is 19.0. The molecule has 0 radical (unpaired) electrons. The third kappa shape index (κ3) is 7.55. The van der Waals surface area contributed by atoms with Crippen LogP contribution in [0.4, 0.5) is 10.9 Å². The second-order valence-corrected chi connectivity index (χ2v) is 8.84. The summed E-state index contributed by atoms with van der Waals surface area (Å²) in [5.41, 5.74) is 6.03. The number of aliphatic carboxylic acids is 1. The molecule has 3 N–H and O–H groups in total. The summed E-state index contributed by atoms with van der Waals surface area (Å²) in [6, 6.07) is 0. The molecule has 0 aliphatic carbocycles.